The summed E-state index contributed by atoms with van der Waals surface area (Å²) < 4.78 is 0. The highest BCUT2D eigenvalue weighted by atomic mass is 15.2. The zero-order valence-electron chi connectivity index (χ0n) is 13.9. The van der Waals surface area contributed by atoms with Crippen molar-refractivity contribution in [1.29, 1.82) is 0 Å². The Morgan fingerprint density at radius 3 is 2.67 bits per heavy atom. The van der Waals surface area contributed by atoms with Crippen LogP contribution >= 0.6 is 0 Å². The molecule has 1 aromatic carbocycles. The van der Waals surface area contributed by atoms with Crippen molar-refractivity contribution in [3.05, 3.63) is 71.8 Å². The quantitative estimate of drug-likeness (QED) is 0.806. The average Bonchev–Trinajstić information content (AvgIpc) is 2.64. The van der Waals surface area contributed by atoms with Gasteiger partial charge in [0.2, 0.25) is 0 Å². The Bertz CT molecular complexity index is 822. The molecule has 24 heavy (non-hydrogen) atoms. The van der Waals surface area contributed by atoms with E-state index in [9.17, 15) is 0 Å². The number of fused-ring (bicyclic) bond motifs is 1. The van der Waals surface area contributed by atoms with Crippen LogP contribution in [-0.2, 0) is 0 Å². The predicted octanol–water partition coefficient (Wildman–Crippen LogP) is 2.93. The first-order valence-corrected chi connectivity index (χ1v) is 8.52. The summed E-state index contributed by atoms with van der Waals surface area (Å²) >= 11 is 0. The molecule has 0 bridgehead atoms. The summed E-state index contributed by atoms with van der Waals surface area (Å²) in [4.78, 5) is 11.5. The summed E-state index contributed by atoms with van der Waals surface area (Å²) in [6.07, 6.45) is 5.74. The van der Waals surface area contributed by atoms with Gasteiger partial charge in [-0.25, -0.2) is 0 Å². The van der Waals surface area contributed by atoms with Crippen LogP contribution in [0.25, 0.3) is 10.8 Å². The summed E-state index contributed by atoms with van der Waals surface area (Å²) in [5.41, 5.74) is 3.62. The molecule has 1 aliphatic heterocycles. The van der Waals surface area contributed by atoms with E-state index in [-0.39, 0.29) is 6.04 Å². The van der Waals surface area contributed by atoms with E-state index in [2.05, 4.69) is 58.5 Å². The number of hydrogen-bond acceptors (Lipinski definition) is 4. The molecule has 3 heterocycles. The molecule has 4 rings (SSSR count). The number of aromatic nitrogens is 2. The minimum Gasteiger partial charge on any atom is -0.314 e. The van der Waals surface area contributed by atoms with E-state index >= 15 is 0 Å². The molecule has 1 unspecified atom stereocenters. The molecule has 0 amide bonds. The number of nitrogens with one attached hydrogen (secondary N) is 1. The summed E-state index contributed by atoms with van der Waals surface area (Å²) in [5.74, 6) is 0. The Kier molecular flexibility index (Phi) is 4.24. The van der Waals surface area contributed by atoms with Crippen LogP contribution in [0.5, 0.6) is 0 Å². The molecule has 1 aliphatic rings. The number of rotatable bonds is 3. The van der Waals surface area contributed by atoms with Crippen LogP contribution in [0, 0.1) is 6.92 Å². The van der Waals surface area contributed by atoms with Gasteiger partial charge in [0, 0.05) is 50.2 Å². The molecule has 2 aromatic heterocycles. The molecule has 1 fully saturated rings. The maximum absolute atomic E-state index is 4.74. The predicted molar refractivity (Wildman–Crippen MR) is 97.0 cm³/mol. The Balaban J connectivity index is 1.79. The molecule has 0 spiro atoms. The first kappa shape index (κ1) is 15.2. The Morgan fingerprint density at radius 2 is 1.88 bits per heavy atom. The van der Waals surface area contributed by atoms with Crippen molar-refractivity contribution in [3.8, 4) is 0 Å². The fraction of sp³-hybridized carbons (Fsp3) is 0.300. The van der Waals surface area contributed by atoms with Crippen LogP contribution in [0.15, 0.2) is 55.0 Å². The maximum atomic E-state index is 4.74. The molecule has 3 aromatic rings. The number of benzene rings is 1. The van der Waals surface area contributed by atoms with Gasteiger partial charge < -0.3 is 5.32 Å². The monoisotopic (exact) mass is 318 g/mol. The van der Waals surface area contributed by atoms with Gasteiger partial charge in [0.05, 0.1) is 11.7 Å². The maximum Gasteiger partial charge on any atom is 0.0777 e. The molecule has 1 N–H and O–H groups in total. The number of pyridine rings is 2. The Morgan fingerprint density at radius 1 is 1.00 bits per heavy atom. The van der Waals surface area contributed by atoms with Crippen molar-refractivity contribution in [3.63, 3.8) is 0 Å². The number of hydrogen-bond donors (Lipinski definition) is 1. The van der Waals surface area contributed by atoms with E-state index in [1.165, 1.54) is 21.9 Å². The summed E-state index contributed by atoms with van der Waals surface area (Å²) in [5, 5.41) is 5.85. The van der Waals surface area contributed by atoms with Gasteiger partial charge >= 0.3 is 0 Å². The number of piperazine rings is 1. The van der Waals surface area contributed by atoms with Crippen LogP contribution in [0.4, 0.5) is 0 Å². The molecule has 0 saturated carbocycles. The third-order valence-corrected chi connectivity index (χ3v) is 4.71. The summed E-state index contributed by atoms with van der Waals surface area (Å²) in [7, 11) is 0. The van der Waals surface area contributed by atoms with E-state index in [0.717, 1.165) is 31.9 Å². The lowest BCUT2D eigenvalue weighted by Crippen LogP contribution is -2.45. The van der Waals surface area contributed by atoms with Gasteiger partial charge in [-0.15, -0.1) is 0 Å². The van der Waals surface area contributed by atoms with Crippen molar-refractivity contribution < 1.29 is 0 Å². The molecule has 0 aliphatic carbocycles. The lowest BCUT2D eigenvalue weighted by molar-refractivity contribution is 0.195. The highest BCUT2D eigenvalue weighted by Crippen LogP contribution is 2.30. The molecular formula is C20H22N4. The van der Waals surface area contributed by atoms with Crippen LogP contribution in [0.3, 0.4) is 0 Å². The van der Waals surface area contributed by atoms with Crippen molar-refractivity contribution in [1.82, 2.24) is 20.2 Å². The zero-order chi connectivity index (χ0) is 16.4. The van der Waals surface area contributed by atoms with Crippen LogP contribution < -0.4 is 5.32 Å². The second-order valence-electron chi connectivity index (χ2n) is 6.43. The Labute approximate surface area is 142 Å². The van der Waals surface area contributed by atoms with Crippen LogP contribution in [-0.4, -0.2) is 41.0 Å². The first-order valence-electron chi connectivity index (χ1n) is 8.52. The largest absolute Gasteiger partial charge is 0.314 e. The zero-order valence-corrected chi connectivity index (χ0v) is 13.9. The first-order chi connectivity index (χ1) is 11.8. The topological polar surface area (TPSA) is 41.1 Å². The molecule has 0 radical (unpaired) electrons. The van der Waals surface area contributed by atoms with E-state index in [0.29, 0.717) is 0 Å². The van der Waals surface area contributed by atoms with Crippen molar-refractivity contribution in [2.45, 2.75) is 13.0 Å². The molecule has 122 valence electrons. The van der Waals surface area contributed by atoms with Gasteiger partial charge in [-0.05, 0) is 41.6 Å². The average molecular weight is 318 g/mol. The van der Waals surface area contributed by atoms with Gasteiger partial charge in [-0.3, -0.25) is 14.9 Å². The highest BCUT2D eigenvalue weighted by molar-refractivity contribution is 5.82. The number of aryl methyl sites for hydroxylation is 1. The highest BCUT2D eigenvalue weighted by Gasteiger charge is 2.25. The van der Waals surface area contributed by atoms with Crippen LogP contribution in [0.1, 0.15) is 22.9 Å². The standard InChI is InChI=1S/C20H22N4/c1-15-2-5-19(23-13-15)20(24-10-8-21-9-11-24)17-3-4-18-14-22-7-6-16(18)12-17/h2-7,12-14,20-21H,8-11H2,1H3. The molecule has 4 nitrogen and oxygen atoms in total. The lowest BCUT2D eigenvalue weighted by atomic mass is 9.97. The van der Waals surface area contributed by atoms with Crippen molar-refractivity contribution in [2.24, 2.45) is 0 Å². The van der Waals surface area contributed by atoms with Crippen LogP contribution in [0.2, 0.25) is 0 Å². The SMILES string of the molecule is Cc1ccc(C(c2ccc3cnccc3c2)N2CCNCC2)nc1. The third kappa shape index (κ3) is 3.03. The second kappa shape index (κ2) is 6.67. The number of nitrogens with zero attached hydrogens (tertiary/aromatic N) is 3. The Hall–Kier alpha value is -2.30. The van der Waals surface area contributed by atoms with Gasteiger partial charge in [-0.1, -0.05) is 18.2 Å². The van der Waals surface area contributed by atoms with Gasteiger partial charge in [0.1, 0.15) is 0 Å². The normalized spacial score (nSPS) is 17.0. The fourth-order valence-electron chi connectivity index (χ4n) is 3.42. The van der Waals surface area contributed by atoms with E-state index in [1.54, 1.807) is 0 Å². The smallest absolute Gasteiger partial charge is 0.0777 e. The summed E-state index contributed by atoms with van der Waals surface area (Å²) in [6, 6.07) is 13.3. The molecule has 1 atom stereocenters. The summed E-state index contributed by atoms with van der Waals surface area (Å²) in [6.45, 7) is 6.21. The third-order valence-electron chi connectivity index (χ3n) is 4.71. The van der Waals surface area contributed by atoms with E-state index in [1.807, 2.05) is 18.6 Å². The second-order valence-corrected chi connectivity index (χ2v) is 6.43. The minimum atomic E-state index is 0.199. The van der Waals surface area contributed by atoms with E-state index in [4.69, 9.17) is 4.98 Å². The minimum absolute atomic E-state index is 0.199. The van der Waals surface area contributed by atoms with Crippen molar-refractivity contribution in [2.75, 3.05) is 26.2 Å². The lowest BCUT2D eigenvalue weighted by Gasteiger charge is -2.35. The molecule has 1 saturated heterocycles. The van der Waals surface area contributed by atoms with Gasteiger partial charge in [0.25, 0.3) is 0 Å². The van der Waals surface area contributed by atoms with Gasteiger partial charge in [0.15, 0.2) is 0 Å². The molecular weight excluding hydrogens is 296 g/mol. The fourth-order valence-corrected chi connectivity index (χ4v) is 3.42. The van der Waals surface area contributed by atoms with Gasteiger partial charge in [-0.2, -0.15) is 0 Å². The molecule has 4 heteroatoms. The van der Waals surface area contributed by atoms with E-state index < -0.39 is 0 Å². The van der Waals surface area contributed by atoms with Crippen molar-refractivity contribution >= 4 is 10.8 Å².